The molecule has 1 amide bonds. The second-order valence-electron chi connectivity index (χ2n) is 6.05. The Morgan fingerprint density at radius 3 is 2.10 bits per heavy atom. The second-order valence-corrected chi connectivity index (χ2v) is 8.11. The van der Waals surface area contributed by atoms with Crippen molar-refractivity contribution in [2.75, 3.05) is 20.8 Å². The van der Waals surface area contributed by atoms with Crippen molar-refractivity contribution < 1.29 is 23.8 Å². The Kier molecular flexibility index (Phi) is 7.26. The fourth-order valence-corrected chi connectivity index (χ4v) is 4.12. The van der Waals surface area contributed by atoms with Crippen LogP contribution in [0.1, 0.15) is 20.1 Å². The molecule has 29 heavy (non-hydrogen) atoms. The molecule has 2 heterocycles. The molecule has 0 saturated heterocycles. The average Bonchev–Trinajstić information content (AvgIpc) is 3.45. The number of methoxy groups -OCH3 is 2. The monoisotopic (exact) mass is 431 g/mol. The molecule has 0 bridgehead atoms. The Bertz CT molecular complexity index is 902. The molecule has 2 aromatic heterocycles. The molecule has 6 nitrogen and oxygen atoms in total. The maximum absolute atomic E-state index is 13.3. The normalized spacial score (nSPS) is 10.4. The molecule has 0 fully saturated rings. The van der Waals surface area contributed by atoms with Crippen molar-refractivity contribution in [1.29, 1.82) is 0 Å². The molecule has 8 heteroatoms. The quantitative estimate of drug-likeness (QED) is 0.475. The lowest BCUT2D eigenvalue weighted by atomic mass is 10.1. The minimum atomic E-state index is -0.495. The summed E-state index contributed by atoms with van der Waals surface area (Å²) in [7, 11) is 2.78. The van der Waals surface area contributed by atoms with Crippen LogP contribution >= 0.6 is 22.7 Å². The highest BCUT2D eigenvalue weighted by molar-refractivity contribution is 7.10. The van der Waals surface area contributed by atoms with E-state index in [0.717, 1.165) is 9.75 Å². The van der Waals surface area contributed by atoms with E-state index in [0.29, 0.717) is 30.2 Å². The van der Waals surface area contributed by atoms with Crippen molar-refractivity contribution >= 4 is 34.6 Å². The highest BCUT2D eigenvalue weighted by atomic mass is 32.1. The van der Waals surface area contributed by atoms with Crippen LogP contribution in [-0.2, 0) is 22.6 Å². The van der Waals surface area contributed by atoms with Crippen LogP contribution in [0.2, 0.25) is 0 Å². The van der Waals surface area contributed by atoms with Gasteiger partial charge in [0.05, 0.1) is 27.3 Å². The van der Waals surface area contributed by atoms with Gasteiger partial charge < -0.3 is 19.1 Å². The number of ether oxygens (including phenoxy) is 3. The van der Waals surface area contributed by atoms with Crippen LogP contribution in [0.4, 0.5) is 0 Å². The number of carbonyl (C=O) groups is 2. The smallest absolute Gasteiger partial charge is 0.343 e. The summed E-state index contributed by atoms with van der Waals surface area (Å²) in [6.07, 6.45) is 0. The van der Waals surface area contributed by atoms with Crippen LogP contribution in [0.3, 0.4) is 0 Å². The number of hydrogen-bond donors (Lipinski definition) is 0. The van der Waals surface area contributed by atoms with Crippen LogP contribution in [0.5, 0.6) is 11.5 Å². The summed E-state index contributed by atoms with van der Waals surface area (Å²) in [5.41, 5.74) is 0.486. The summed E-state index contributed by atoms with van der Waals surface area (Å²) in [6, 6.07) is 12.9. The molecule has 1 aromatic carbocycles. The van der Waals surface area contributed by atoms with E-state index in [1.807, 2.05) is 35.0 Å². The number of esters is 1. The summed E-state index contributed by atoms with van der Waals surface area (Å²) in [4.78, 5) is 28.6. The number of hydrogen-bond acceptors (Lipinski definition) is 7. The van der Waals surface area contributed by atoms with Gasteiger partial charge in [-0.25, -0.2) is 4.79 Å². The highest BCUT2D eigenvalue weighted by Crippen LogP contribution is 2.29. The van der Waals surface area contributed by atoms with Gasteiger partial charge >= 0.3 is 5.97 Å². The van der Waals surface area contributed by atoms with Crippen LogP contribution < -0.4 is 9.47 Å². The largest absolute Gasteiger partial charge is 0.493 e. The lowest BCUT2D eigenvalue weighted by molar-refractivity contribution is -0.142. The molecule has 0 saturated carbocycles. The number of rotatable bonds is 9. The first-order valence-electron chi connectivity index (χ1n) is 8.82. The molecule has 0 aliphatic carbocycles. The zero-order chi connectivity index (χ0) is 20.6. The summed E-state index contributed by atoms with van der Waals surface area (Å²) in [5, 5.41) is 4.00. The van der Waals surface area contributed by atoms with Crippen LogP contribution in [-0.4, -0.2) is 37.6 Å². The summed E-state index contributed by atoms with van der Waals surface area (Å²) < 4.78 is 15.4. The first-order valence-corrected chi connectivity index (χ1v) is 10.6. The molecular weight excluding hydrogens is 410 g/mol. The lowest BCUT2D eigenvalue weighted by Crippen LogP contribution is -2.29. The Morgan fingerprint density at radius 1 is 0.931 bits per heavy atom. The van der Waals surface area contributed by atoms with E-state index < -0.39 is 5.97 Å². The Balaban J connectivity index is 1.81. The van der Waals surface area contributed by atoms with Gasteiger partial charge in [-0.1, -0.05) is 12.1 Å². The highest BCUT2D eigenvalue weighted by Gasteiger charge is 2.20. The first-order chi connectivity index (χ1) is 14.1. The third-order valence-corrected chi connectivity index (χ3v) is 5.85. The van der Waals surface area contributed by atoms with E-state index in [4.69, 9.17) is 9.47 Å². The third-order valence-electron chi connectivity index (χ3n) is 4.12. The first kappa shape index (κ1) is 20.9. The van der Waals surface area contributed by atoms with Gasteiger partial charge in [-0.15, -0.1) is 22.7 Å². The van der Waals surface area contributed by atoms with E-state index in [2.05, 4.69) is 4.74 Å². The molecular formula is C21H21NO5S2. The molecule has 0 aliphatic heterocycles. The van der Waals surface area contributed by atoms with Crippen LogP contribution in [0.25, 0.3) is 0 Å². The van der Waals surface area contributed by atoms with Gasteiger partial charge in [-0.2, -0.15) is 0 Å². The van der Waals surface area contributed by atoms with Gasteiger partial charge in [0.1, 0.15) is 0 Å². The Hall–Kier alpha value is -2.84. The van der Waals surface area contributed by atoms with Gasteiger partial charge in [-0.05, 0) is 41.1 Å². The summed E-state index contributed by atoms with van der Waals surface area (Å²) in [6.45, 7) is 0.817. The van der Waals surface area contributed by atoms with E-state index in [-0.39, 0.29) is 12.5 Å². The fourth-order valence-electron chi connectivity index (χ4n) is 2.68. The van der Waals surface area contributed by atoms with Gasteiger partial charge in [0.25, 0.3) is 5.91 Å². The average molecular weight is 432 g/mol. The molecule has 3 rings (SSSR count). The Labute approximate surface area is 177 Å². The molecule has 0 aliphatic rings. The van der Waals surface area contributed by atoms with Crippen molar-refractivity contribution in [3.8, 4) is 11.5 Å². The number of amides is 1. The fraction of sp³-hybridized carbons (Fsp3) is 0.238. The predicted molar refractivity (Wildman–Crippen MR) is 113 cm³/mol. The van der Waals surface area contributed by atoms with Gasteiger partial charge in [-0.3, -0.25) is 4.79 Å². The molecule has 0 radical (unpaired) electrons. The van der Waals surface area contributed by atoms with Crippen molar-refractivity contribution in [3.63, 3.8) is 0 Å². The molecule has 0 N–H and O–H groups in total. The van der Waals surface area contributed by atoms with Crippen molar-refractivity contribution in [1.82, 2.24) is 4.90 Å². The maximum atomic E-state index is 13.3. The van der Waals surface area contributed by atoms with Gasteiger partial charge in [0.2, 0.25) is 0 Å². The van der Waals surface area contributed by atoms with Crippen molar-refractivity contribution in [2.45, 2.75) is 13.1 Å². The SMILES string of the molecule is COC(=O)COc1ccc(C(=O)N(Cc2cccs2)Cc2cccs2)cc1OC. The zero-order valence-electron chi connectivity index (χ0n) is 16.1. The van der Waals surface area contributed by atoms with Gasteiger partial charge in [0.15, 0.2) is 18.1 Å². The van der Waals surface area contributed by atoms with Crippen LogP contribution in [0.15, 0.2) is 53.2 Å². The van der Waals surface area contributed by atoms with E-state index >= 15 is 0 Å². The second kappa shape index (κ2) is 10.1. The standard InChI is InChI=1S/C21H21NO5S2/c1-25-19-11-15(7-8-18(19)27-14-20(23)26-2)21(24)22(12-16-5-3-9-28-16)13-17-6-4-10-29-17/h3-11H,12-14H2,1-2H3. The van der Waals surface area contributed by atoms with Crippen molar-refractivity contribution in [3.05, 3.63) is 68.5 Å². The number of benzene rings is 1. The van der Waals surface area contributed by atoms with Crippen molar-refractivity contribution in [2.24, 2.45) is 0 Å². The maximum Gasteiger partial charge on any atom is 0.343 e. The number of thiophene rings is 2. The molecule has 0 unspecified atom stereocenters. The minimum Gasteiger partial charge on any atom is -0.493 e. The lowest BCUT2D eigenvalue weighted by Gasteiger charge is -2.22. The molecule has 0 atom stereocenters. The zero-order valence-corrected chi connectivity index (χ0v) is 17.8. The minimum absolute atomic E-state index is 0.107. The third kappa shape index (κ3) is 5.58. The van der Waals surface area contributed by atoms with E-state index in [1.165, 1.54) is 14.2 Å². The number of carbonyl (C=O) groups excluding carboxylic acids is 2. The summed E-state index contributed by atoms with van der Waals surface area (Å²) in [5.74, 6) is 0.152. The van der Waals surface area contributed by atoms with Crippen LogP contribution in [0, 0.1) is 0 Å². The predicted octanol–water partition coefficient (Wildman–Crippen LogP) is 4.21. The number of nitrogens with zero attached hydrogens (tertiary/aromatic N) is 1. The molecule has 152 valence electrons. The van der Waals surface area contributed by atoms with Gasteiger partial charge in [0, 0.05) is 15.3 Å². The van der Waals surface area contributed by atoms with E-state index in [1.54, 1.807) is 45.8 Å². The molecule has 0 spiro atoms. The van der Waals surface area contributed by atoms with E-state index in [9.17, 15) is 9.59 Å². The summed E-state index contributed by atoms with van der Waals surface area (Å²) >= 11 is 3.24. The molecule has 3 aromatic rings. The topological polar surface area (TPSA) is 65.1 Å². The Morgan fingerprint density at radius 2 is 1.59 bits per heavy atom.